The Balaban J connectivity index is 1.86. The number of hydrogen-bond donors (Lipinski definition) is 1. The molecule has 1 N–H and O–H groups in total. The number of nitrogens with one attached hydrogen (secondary N) is 1. The van der Waals surface area contributed by atoms with Crippen LogP contribution in [0.25, 0.3) is 0 Å². The lowest BCUT2D eigenvalue weighted by atomic mass is 9.89. The fourth-order valence-electron chi connectivity index (χ4n) is 2.28. The van der Waals surface area contributed by atoms with Crippen LogP contribution in [-0.4, -0.2) is 31.7 Å². The van der Waals surface area contributed by atoms with Gasteiger partial charge in [0.05, 0.1) is 6.61 Å². The molecule has 3 heteroatoms. The smallest absolute Gasteiger partial charge is 0.0590 e. The highest BCUT2D eigenvalue weighted by atomic mass is 35.5. The van der Waals surface area contributed by atoms with Gasteiger partial charge in [-0.3, -0.25) is 0 Å². The van der Waals surface area contributed by atoms with Crippen molar-refractivity contribution in [1.82, 2.24) is 5.32 Å². The Kier molecular flexibility index (Phi) is 8.25. The van der Waals surface area contributed by atoms with Crippen LogP contribution in [0.2, 0.25) is 0 Å². The number of alkyl halides is 1. The lowest BCUT2D eigenvalue weighted by Gasteiger charge is -2.25. The van der Waals surface area contributed by atoms with Crippen LogP contribution >= 0.6 is 11.6 Å². The maximum absolute atomic E-state index is 6.17. The fraction of sp³-hybridized carbons (Fsp3) is 1.00. The Morgan fingerprint density at radius 2 is 2.12 bits per heavy atom. The first-order valence-corrected chi connectivity index (χ1v) is 7.54. The molecule has 2 unspecified atom stereocenters. The molecule has 0 amide bonds. The highest BCUT2D eigenvalue weighted by Gasteiger charge is 2.19. The van der Waals surface area contributed by atoms with Gasteiger partial charge in [-0.05, 0) is 44.1 Å². The van der Waals surface area contributed by atoms with Crippen molar-refractivity contribution < 1.29 is 4.74 Å². The summed E-state index contributed by atoms with van der Waals surface area (Å²) >= 11 is 6.17. The predicted octanol–water partition coefficient (Wildman–Crippen LogP) is 3.44. The van der Waals surface area contributed by atoms with Gasteiger partial charge in [0, 0.05) is 18.5 Å². The molecule has 0 aromatic heterocycles. The summed E-state index contributed by atoms with van der Waals surface area (Å²) in [6.07, 6.45) is 6.19. The summed E-state index contributed by atoms with van der Waals surface area (Å²) in [6.45, 7) is 8.27. The molecule has 17 heavy (non-hydrogen) atoms. The molecule has 0 aromatic carbocycles. The number of halogens is 1. The molecule has 2 atom stereocenters. The van der Waals surface area contributed by atoms with Crippen molar-refractivity contribution in [3.63, 3.8) is 0 Å². The number of ether oxygens (including phenoxy) is 1. The molecular formula is C14H28ClNO. The molecule has 1 aliphatic rings. The first kappa shape index (κ1) is 15.3. The molecule has 0 aromatic rings. The zero-order valence-electron chi connectivity index (χ0n) is 11.4. The Hall–Kier alpha value is 0.210. The number of hydrogen-bond acceptors (Lipinski definition) is 2. The third kappa shape index (κ3) is 8.01. The third-order valence-corrected chi connectivity index (χ3v) is 3.81. The second-order valence-corrected chi connectivity index (χ2v) is 6.25. The average molecular weight is 262 g/mol. The quantitative estimate of drug-likeness (QED) is 0.534. The summed E-state index contributed by atoms with van der Waals surface area (Å²) in [6, 6.07) is 0. The molecule has 0 saturated heterocycles. The number of rotatable bonds is 8. The van der Waals surface area contributed by atoms with Crippen molar-refractivity contribution in [1.29, 1.82) is 0 Å². The van der Waals surface area contributed by atoms with E-state index in [2.05, 4.69) is 19.2 Å². The predicted molar refractivity (Wildman–Crippen MR) is 74.7 cm³/mol. The van der Waals surface area contributed by atoms with E-state index in [1.54, 1.807) is 0 Å². The van der Waals surface area contributed by atoms with E-state index in [0.717, 1.165) is 44.6 Å². The molecule has 102 valence electrons. The molecular weight excluding hydrogens is 234 g/mol. The van der Waals surface area contributed by atoms with E-state index >= 15 is 0 Å². The summed E-state index contributed by atoms with van der Waals surface area (Å²) in [5.74, 6) is 1.52. The molecule has 0 bridgehead atoms. The van der Waals surface area contributed by atoms with Crippen molar-refractivity contribution >= 4 is 11.6 Å². The molecule has 1 saturated carbocycles. The van der Waals surface area contributed by atoms with Gasteiger partial charge in [-0.25, -0.2) is 0 Å². The Bertz CT molecular complexity index is 187. The van der Waals surface area contributed by atoms with Crippen molar-refractivity contribution in [3.8, 4) is 0 Å². The van der Waals surface area contributed by atoms with E-state index in [0.29, 0.717) is 5.38 Å². The monoisotopic (exact) mass is 261 g/mol. The van der Waals surface area contributed by atoms with Crippen LogP contribution in [0.1, 0.15) is 46.0 Å². The zero-order chi connectivity index (χ0) is 12.5. The molecule has 0 spiro atoms. The van der Waals surface area contributed by atoms with Gasteiger partial charge in [-0.15, -0.1) is 11.6 Å². The van der Waals surface area contributed by atoms with Gasteiger partial charge in [0.2, 0.25) is 0 Å². The second-order valence-electron chi connectivity index (χ2n) is 5.63. The van der Waals surface area contributed by atoms with Gasteiger partial charge >= 0.3 is 0 Å². The fourth-order valence-corrected chi connectivity index (χ4v) is 2.69. The van der Waals surface area contributed by atoms with Gasteiger partial charge in [0.1, 0.15) is 0 Å². The van der Waals surface area contributed by atoms with Crippen LogP contribution < -0.4 is 5.32 Å². The Morgan fingerprint density at radius 1 is 1.29 bits per heavy atom. The van der Waals surface area contributed by atoms with Gasteiger partial charge in [0.25, 0.3) is 0 Å². The van der Waals surface area contributed by atoms with Crippen LogP contribution in [0.3, 0.4) is 0 Å². The van der Waals surface area contributed by atoms with Crippen LogP contribution in [0.5, 0.6) is 0 Å². The lowest BCUT2D eigenvalue weighted by molar-refractivity contribution is 0.124. The van der Waals surface area contributed by atoms with E-state index in [1.807, 2.05) is 0 Å². The summed E-state index contributed by atoms with van der Waals surface area (Å²) in [4.78, 5) is 0. The minimum Gasteiger partial charge on any atom is -0.380 e. The average Bonchev–Trinajstić information content (AvgIpc) is 2.27. The zero-order valence-corrected chi connectivity index (χ0v) is 12.1. The van der Waals surface area contributed by atoms with Crippen LogP contribution in [-0.2, 0) is 4.74 Å². The Morgan fingerprint density at radius 3 is 2.82 bits per heavy atom. The van der Waals surface area contributed by atoms with Crippen molar-refractivity contribution in [3.05, 3.63) is 0 Å². The van der Waals surface area contributed by atoms with Crippen molar-refractivity contribution in [2.45, 2.75) is 51.3 Å². The standard InChI is InChI=1S/C14H28ClNO/c1-12(2)6-8-17-9-7-16-11-13-4-3-5-14(15)10-13/h12-14,16H,3-11H2,1-2H3. The Labute approximate surface area is 111 Å². The first-order valence-electron chi connectivity index (χ1n) is 7.11. The van der Waals surface area contributed by atoms with Crippen molar-refractivity contribution in [2.24, 2.45) is 11.8 Å². The maximum Gasteiger partial charge on any atom is 0.0590 e. The highest BCUT2D eigenvalue weighted by Crippen LogP contribution is 2.27. The molecule has 0 aliphatic heterocycles. The summed E-state index contributed by atoms with van der Waals surface area (Å²) in [5.41, 5.74) is 0. The minimum absolute atomic E-state index is 0.415. The lowest BCUT2D eigenvalue weighted by Crippen LogP contribution is -2.29. The van der Waals surface area contributed by atoms with Crippen LogP contribution in [0.4, 0.5) is 0 Å². The summed E-state index contributed by atoms with van der Waals surface area (Å²) in [7, 11) is 0. The maximum atomic E-state index is 6.17. The summed E-state index contributed by atoms with van der Waals surface area (Å²) in [5, 5.41) is 3.89. The molecule has 1 aliphatic carbocycles. The normalized spacial score (nSPS) is 25.4. The van der Waals surface area contributed by atoms with E-state index in [4.69, 9.17) is 16.3 Å². The van der Waals surface area contributed by atoms with E-state index < -0.39 is 0 Å². The van der Waals surface area contributed by atoms with Crippen LogP contribution in [0, 0.1) is 11.8 Å². The summed E-state index contributed by atoms with van der Waals surface area (Å²) < 4.78 is 5.57. The largest absolute Gasteiger partial charge is 0.380 e. The first-order chi connectivity index (χ1) is 8.18. The minimum atomic E-state index is 0.415. The van der Waals surface area contributed by atoms with Crippen LogP contribution in [0.15, 0.2) is 0 Å². The molecule has 0 heterocycles. The molecule has 1 fully saturated rings. The molecule has 2 nitrogen and oxygen atoms in total. The topological polar surface area (TPSA) is 21.3 Å². The van der Waals surface area contributed by atoms with E-state index in [9.17, 15) is 0 Å². The van der Waals surface area contributed by atoms with Gasteiger partial charge in [-0.1, -0.05) is 20.3 Å². The SMILES string of the molecule is CC(C)CCOCCNCC1CCCC(Cl)C1. The second kappa shape index (κ2) is 9.18. The van der Waals surface area contributed by atoms with E-state index in [1.165, 1.54) is 25.7 Å². The molecule has 0 radical (unpaired) electrons. The van der Waals surface area contributed by atoms with E-state index in [-0.39, 0.29) is 0 Å². The third-order valence-electron chi connectivity index (χ3n) is 3.41. The molecule has 1 rings (SSSR count). The van der Waals surface area contributed by atoms with Gasteiger partial charge < -0.3 is 10.1 Å². The van der Waals surface area contributed by atoms with Gasteiger partial charge in [-0.2, -0.15) is 0 Å². The van der Waals surface area contributed by atoms with Crippen molar-refractivity contribution in [2.75, 3.05) is 26.3 Å². The highest BCUT2D eigenvalue weighted by molar-refractivity contribution is 6.20. The van der Waals surface area contributed by atoms with Gasteiger partial charge in [0.15, 0.2) is 0 Å².